The van der Waals surface area contributed by atoms with Gasteiger partial charge in [0.15, 0.2) is 0 Å². The number of carbonyl (C=O) groups excluding carboxylic acids is 1. The Hall–Kier alpha value is -1.26. The number of aliphatic hydroxyl groups is 1. The molecule has 1 N–H and O–H groups in total. The van der Waals surface area contributed by atoms with Gasteiger partial charge in [-0.2, -0.15) is 0 Å². The summed E-state index contributed by atoms with van der Waals surface area (Å²) in [7, 11) is 0. The van der Waals surface area contributed by atoms with Gasteiger partial charge in [0, 0.05) is 4.90 Å². The third-order valence-corrected chi connectivity index (χ3v) is 3.46. The van der Waals surface area contributed by atoms with Crippen molar-refractivity contribution in [1.29, 1.82) is 0 Å². The molecule has 1 aromatic carbocycles. The van der Waals surface area contributed by atoms with Gasteiger partial charge in [-0.1, -0.05) is 30.4 Å². The van der Waals surface area contributed by atoms with Crippen LogP contribution in [0.25, 0.3) is 0 Å². The van der Waals surface area contributed by atoms with E-state index in [1.54, 1.807) is 6.92 Å². The minimum absolute atomic E-state index is 0.106. The Bertz CT molecular complexity index is 389. The molecule has 4 heteroatoms. The van der Waals surface area contributed by atoms with Crippen molar-refractivity contribution in [2.24, 2.45) is 0 Å². The van der Waals surface area contributed by atoms with Crippen molar-refractivity contribution in [3.8, 4) is 0 Å². The van der Waals surface area contributed by atoms with Crippen molar-refractivity contribution < 1.29 is 14.6 Å². The molecule has 0 spiro atoms. The van der Waals surface area contributed by atoms with Crippen LogP contribution in [0.3, 0.4) is 0 Å². The second-order valence-electron chi connectivity index (χ2n) is 3.78. The number of carbonyl (C=O) groups is 1. The van der Waals surface area contributed by atoms with Gasteiger partial charge >= 0.3 is 5.97 Å². The highest BCUT2D eigenvalue weighted by molar-refractivity contribution is 8.00. The molecular weight excluding hydrogens is 248 g/mol. The molecule has 0 fully saturated rings. The number of ether oxygens (including phenoxy) is 1. The van der Waals surface area contributed by atoms with Crippen LogP contribution in [0.5, 0.6) is 0 Å². The number of hydrogen-bond acceptors (Lipinski definition) is 4. The van der Waals surface area contributed by atoms with Crippen LogP contribution in [-0.2, 0) is 9.53 Å². The van der Waals surface area contributed by atoms with E-state index in [-0.39, 0.29) is 17.8 Å². The minimum atomic E-state index is -0.355. The van der Waals surface area contributed by atoms with Gasteiger partial charge in [0.2, 0.25) is 0 Å². The van der Waals surface area contributed by atoms with E-state index in [4.69, 9.17) is 9.84 Å². The van der Waals surface area contributed by atoms with E-state index < -0.39 is 0 Å². The van der Waals surface area contributed by atoms with Crippen molar-refractivity contribution in [2.75, 3.05) is 13.2 Å². The quantitative estimate of drug-likeness (QED) is 0.468. The number of thioether (sulfide) groups is 1. The molecule has 1 atom stereocenters. The molecule has 0 amide bonds. The zero-order chi connectivity index (χ0) is 13.4. The van der Waals surface area contributed by atoms with Crippen LogP contribution in [0.4, 0.5) is 0 Å². The fourth-order valence-corrected chi connectivity index (χ4v) is 2.52. The maximum Gasteiger partial charge on any atom is 0.319 e. The van der Waals surface area contributed by atoms with E-state index in [0.717, 1.165) is 4.90 Å². The summed E-state index contributed by atoms with van der Waals surface area (Å²) in [4.78, 5) is 12.8. The van der Waals surface area contributed by atoms with Gasteiger partial charge in [0.1, 0.15) is 5.25 Å². The van der Waals surface area contributed by atoms with Crippen LogP contribution in [-0.4, -0.2) is 29.5 Å². The lowest BCUT2D eigenvalue weighted by Gasteiger charge is -2.15. The molecule has 3 nitrogen and oxygen atoms in total. The second kappa shape index (κ2) is 7.95. The minimum Gasteiger partial charge on any atom is -0.465 e. The molecule has 0 aliphatic carbocycles. The highest BCUT2D eigenvalue weighted by atomic mass is 32.2. The van der Waals surface area contributed by atoms with Crippen LogP contribution in [0.2, 0.25) is 0 Å². The summed E-state index contributed by atoms with van der Waals surface area (Å²) in [6.07, 6.45) is 0.425. The Balaban J connectivity index is 2.71. The maximum absolute atomic E-state index is 11.8. The van der Waals surface area contributed by atoms with Crippen molar-refractivity contribution in [3.63, 3.8) is 0 Å². The molecule has 98 valence electrons. The molecule has 1 unspecified atom stereocenters. The first kappa shape index (κ1) is 14.8. The molecule has 0 radical (unpaired) electrons. The predicted octanol–water partition coefficient (Wildman–Crippen LogP) is 2.65. The van der Waals surface area contributed by atoms with Crippen molar-refractivity contribution in [2.45, 2.75) is 23.5 Å². The normalized spacial score (nSPS) is 11.9. The number of hydrogen-bond donors (Lipinski definition) is 1. The second-order valence-corrected chi connectivity index (χ2v) is 5.06. The first-order valence-electron chi connectivity index (χ1n) is 5.83. The van der Waals surface area contributed by atoms with Gasteiger partial charge < -0.3 is 9.84 Å². The smallest absolute Gasteiger partial charge is 0.319 e. The van der Waals surface area contributed by atoms with Crippen molar-refractivity contribution in [3.05, 3.63) is 42.5 Å². The average Bonchev–Trinajstić information content (AvgIpc) is 2.39. The summed E-state index contributed by atoms with van der Waals surface area (Å²) in [5, 5.41) is 8.65. The highest BCUT2D eigenvalue weighted by Gasteiger charge is 2.21. The lowest BCUT2D eigenvalue weighted by atomic mass is 10.2. The van der Waals surface area contributed by atoms with Gasteiger partial charge in [0.05, 0.1) is 13.2 Å². The van der Waals surface area contributed by atoms with E-state index in [2.05, 4.69) is 6.58 Å². The molecule has 1 aromatic rings. The topological polar surface area (TPSA) is 46.5 Å². The lowest BCUT2D eigenvalue weighted by Crippen LogP contribution is -2.21. The Morgan fingerprint density at radius 1 is 1.44 bits per heavy atom. The molecule has 1 rings (SSSR count). The first-order chi connectivity index (χ1) is 8.67. The Labute approximate surface area is 112 Å². The fourth-order valence-electron chi connectivity index (χ4n) is 1.40. The number of aliphatic hydroxyl groups excluding tert-OH is 1. The summed E-state index contributed by atoms with van der Waals surface area (Å²) in [5.74, 6) is -0.263. The molecule has 0 bridgehead atoms. The van der Waals surface area contributed by atoms with E-state index in [0.29, 0.717) is 18.6 Å². The summed E-state index contributed by atoms with van der Waals surface area (Å²) < 4.78 is 5.04. The van der Waals surface area contributed by atoms with E-state index in [1.807, 2.05) is 30.3 Å². The summed E-state index contributed by atoms with van der Waals surface area (Å²) >= 11 is 1.43. The van der Waals surface area contributed by atoms with Gasteiger partial charge in [0.25, 0.3) is 0 Å². The largest absolute Gasteiger partial charge is 0.465 e. The zero-order valence-electron chi connectivity index (χ0n) is 10.5. The Morgan fingerprint density at radius 3 is 2.67 bits per heavy atom. The van der Waals surface area contributed by atoms with Gasteiger partial charge in [-0.05, 0) is 25.5 Å². The zero-order valence-corrected chi connectivity index (χ0v) is 11.3. The van der Waals surface area contributed by atoms with Crippen molar-refractivity contribution >= 4 is 17.7 Å². The highest BCUT2D eigenvalue weighted by Crippen LogP contribution is 2.27. The summed E-state index contributed by atoms with van der Waals surface area (Å²) in [6.45, 7) is 5.76. The van der Waals surface area contributed by atoms with E-state index in [9.17, 15) is 4.79 Å². The van der Waals surface area contributed by atoms with Gasteiger partial charge in [-0.3, -0.25) is 4.79 Å². The molecule has 0 saturated carbocycles. The molecule has 0 aliphatic rings. The molecule has 18 heavy (non-hydrogen) atoms. The van der Waals surface area contributed by atoms with Crippen LogP contribution in [0, 0.1) is 0 Å². The van der Waals surface area contributed by atoms with E-state index >= 15 is 0 Å². The predicted molar refractivity (Wildman–Crippen MR) is 73.6 cm³/mol. The molecular formula is C14H18O3S. The maximum atomic E-state index is 11.8. The van der Waals surface area contributed by atoms with Gasteiger partial charge in [-0.15, -0.1) is 11.8 Å². The van der Waals surface area contributed by atoms with Crippen LogP contribution >= 0.6 is 11.8 Å². The van der Waals surface area contributed by atoms with Crippen LogP contribution in [0.15, 0.2) is 47.4 Å². The average molecular weight is 266 g/mol. The van der Waals surface area contributed by atoms with Crippen LogP contribution in [0.1, 0.15) is 13.3 Å². The SMILES string of the molecule is C=C(CO)CC(Sc1ccccc1)C(=O)OCC. The third kappa shape index (κ3) is 4.94. The molecule has 0 aromatic heterocycles. The van der Waals surface area contributed by atoms with Crippen LogP contribution < -0.4 is 0 Å². The molecule has 0 aliphatic heterocycles. The molecule has 0 heterocycles. The van der Waals surface area contributed by atoms with Gasteiger partial charge in [-0.25, -0.2) is 0 Å². The monoisotopic (exact) mass is 266 g/mol. The van der Waals surface area contributed by atoms with E-state index in [1.165, 1.54) is 11.8 Å². The van der Waals surface area contributed by atoms with Crippen molar-refractivity contribution in [1.82, 2.24) is 0 Å². The Kier molecular flexibility index (Phi) is 6.54. The Morgan fingerprint density at radius 2 is 2.11 bits per heavy atom. The summed E-state index contributed by atoms with van der Waals surface area (Å²) in [6, 6.07) is 9.66. The standard InChI is InChI=1S/C14H18O3S/c1-3-17-14(16)13(9-11(2)10-15)18-12-7-5-4-6-8-12/h4-8,13,15H,2-3,9-10H2,1H3. The lowest BCUT2D eigenvalue weighted by molar-refractivity contribution is -0.142. The third-order valence-electron chi connectivity index (χ3n) is 2.27. The molecule has 0 saturated heterocycles. The number of rotatable bonds is 7. The number of benzene rings is 1. The fraction of sp³-hybridized carbons (Fsp3) is 0.357. The first-order valence-corrected chi connectivity index (χ1v) is 6.71. The summed E-state index contributed by atoms with van der Waals surface area (Å²) in [5.41, 5.74) is 0.636. The number of esters is 1.